The van der Waals surface area contributed by atoms with E-state index in [9.17, 15) is 9.59 Å². The number of aromatic nitrogens is 2. The Bertz CT molecular complexity index is 1430. The van der Waals surface area contributed by atoms with Crippen LogP contribution in [-0.4, -0.2) is 73.5 Å². The predicted molar refractivity (Wildman–Crippen MR) is 157 cm³/mol. The minimum atomic E-state index is -0.142. The molecule has 3 aromatic rings. The molecule has 3 heterocycles. The first-order valence-corrected chi connectivity index (χ1v) is 14.4. The lowest BCUT2D eigenvalue weighted by Gasteiger charge is -2.36. The van der Waals surface area contributed by atoms with Crippen molar-refractivity contribution >= 4 is 34.7 Å². The quantitative estimate of drug-likeness (QED) is 0.253. The van der Waals surface area contributed by atoms with Crippen LogP contribution >= 0.6 is 12.2 Å². The minimum Gasteiger partial charge on any atom is -0.497 e. The number of carbonyl (C=O) groups is 1. The number of H-pyrrole nitrogens is 1. The van der Waals surface area contributed by atoms with Crippen LogP contribution in [0.25, 0.3) is 10.9 Å². The van der Waals surface area contributed by atoms with Crippen LogP contribution in [0.3, 0.4) is 0 Å². The molecule has 214 valence electrons. The predicted octanol–water partition coefficient (Wildman–Crippen LogP) is 3.69. The number of fused-ring (bicyclic) bond motifs is 2. The van der Waals surface area contributed by atoms with E-state index in [2.05, 4.69) is 32.2 Å². The van der Waals surface area contributed by atoms with Crippen molar-refractivity contribution in [3.05, 3.63) is 51.5 Å². The van der Waals surface area contributed by atoms with Crippen molar-refractivity contribution in [2.24, 2.45) is 0 Å². The number of ether oxygens (including phenoxy) is 3. The average molecular weight is 568 g/mol. The lowest BCUT2D eigenvalue weighted by Crippen LogP contribution is -2.47. The Morgan fingerprint density at radius 2 is 1.75 bits per heavy atom. The molecule has 11 heteroatoms. The molecule has 2 aromatic carbocycles. The van der Waals surface area contributed by atoms with Gasteiger partial charge >= 0.3 is 0 Å². The number of unbranched alkanes of at least 4 members (excludes halogenated alkanes) is 2. The van der Waals surface area contributed by atoms with Gasteiger partial charge in [-0.25, -0.2) is 0 Å². The maximum absolute atomic E-state index is 13.0. The van der Waals surface area contributed by atoms with Crippen LogP contribution in [0.1, 0.15) is 32.1 Å². The van der Waals surface area contributed by atoms with E-state index in [0.29, 0.717) is 46.7 Å². The van der Waals surface area contributed by atoms with Crippen molar-refractivity contribution in [3.8, 4) is 17.2 Å². The van der Waals surface area contributed by atoms with E-state index in [-0.39, 0.29) is 18.3 Å². The Morgan fingerprint density at radius 1 is 1.00 bits per heavy atom. The van der Waals surface area contributed by atoms with Gasteiger partial charge in [0.25, 0.3) is 5.56 Å². The van der Waals surface area contributed by atoms with Gasteiger partial charge in [0.2, 0.25) is 12.7 Å². The number of anilines is 1. The maximum atomic E-state index is 13.0. The van der Waals surface area contributed by atoms with Crippen LogP contribution in [0.5, 0.6) is 17.2 Å². The maximum Gasteiger partial charge on any atom is 0.262 e. The topological polar surface area (TPSA) is 101 Å². The Labute approximate surface area is 238 Å². The summed E-state index contributed by atoms with van der Waals surface area (Å²) in [7, 11) is 1.68. The van der Waals surface area contributed by atoms with Gasteiger partial charge in [-0.2, -0.15) is 0 Å². The lowest BCUT2D eigenvalue weighted by atomic mass is 10.2. The zero-order valence-electron chi connectivity index (χ0n) is 22.9. The number of nitrogens with one attached hydrogen (secondary N) is 2. The smallest absolute Gasteiger partial charge is 0.262 e. The summed E-state index contributed by atoms with van der Waals surface area (Å²) in [5.41, 5.74) is 1.73. The van der Waals surface area contributed by atoms with E-state index >= 15 is 0 Å². The monoisotopic (exact) mass is 567 g/mol. The van der Waals surface area contributed by atoms with Crippen molar-refractivity contribution < 1.29 is 19.0 Å². The van der Waals surface area contributed by atoms with Gasteiger partial charge in [-0.3, -0.25) is 19.1 Å². The molecule has 0 bridgehead atoms. The van der Waals surface area contributed by atoms with Crippen LogP contribution in [0, 0.1) is 4.77 Å². The fourth-order valence-corrected chi connectivity index (χ4v) is 5.50. The molecule has 0 saturated carbocycles. The molecule has 2 aliphatic rings. The number of aromatic amines is 1. The first-order chi connectivity index (χ1) is 19.5. The Hall–Kier alpha value is -3.57. The van der Waals surface area contributed by atoms with Crippen molar-refractivity contribution in [2.45, 2.75) is 38.6 Å². The number of hydrogen-bond donors (Lipinski definition) is 2. The SMILES string of the molecule is COc1ccc(N2CCN(CCCNC(=O)CCCCCn3c(=S)[nH]c4cc5c(cc4c3=O)OCO5)CC2)cc1. The summed E-state index contributed by atoms with van der Waals surface area (Å²) in [6.45, 7) is 6.38. The van der Waals surface area contributed by atoms with E-state index < -0.39 is 0 Å². The van der Waals surface area contributed by atoms with Gasteiger partial charge in [0.1, 0.15) is 5.75 Å². The van der Waals surface area contributed by atoms with Gasteiger partial charge in [0.15, 0.2) is 16.3 Å². The van der Waals surface area contributed by atoms with Crippen LogP contribution in [0.15, 0.2) is 41.2 Å². The van der Waals surface area contributed by atoms with Crippen LogP contribution in [-0.2, 0) is 11.3 Å². The molecule has 1 saturated heterocycles. The first kappa shape index (κ1) is 28.0. The van der Waals surface area contributed by atoms with Gasteiger partial charge in [0.05, 0.1) is 18.0 Å². The summed E-state index contributed by atoms with van der Waals surface area (Å²) in [4.78, 5) is 33.3. The number of benzene rings is 2. The largest absolute Gasteiger partial charge is 0.497 e. The third-order valence-electron chi connectivity index (χ3n) is 7.54. The number of methoxy groups -OCH3 is 1. The molecule has 2 aliphatic heterocycles. The summed E-state index contributed by atoms with van der Waals surface area (Å²) in [6.07, 6.45) is 3.81. The normalized spacial score (nSPS) is 15.0. The molecule has 40 heavy (non-hydrogen) atoms. The second kappa shape index (κ2) is 13.2. The molecule has 5 rings (SSSR count). The highest BCUT2D eigenvalue weighted by Gasteiger charge is 2.18. The molecule has 0 spiro atoms. The molecule has 10 nitrogen and oxygen atoms in total. The van der Waals surface area contributed by atoms with Crippen LogP contribution in [0.4, 0.5) is 5.69 Å². The zero-order valence-corrected chi connectivity index (χ0v) is 23.8. The zero-order chi connectivity index (χ0) is 27.9. The summed E-state index contributed by atoms with van der Waals surface area (Å²) in [6, 6.07) is 11.7. The third-order valence-corrected chi connectivity index (χ3v) is 7.87. The molecule has 0 radical (unpaired) electrons. The van der Waals surface area contributed by atoms with Gasteiger partial charge in [-0.05, 0) is 68.4 Å². The number of carbonyl (C=O) groups excluding carboxylic acids is 1. The van der Waals surface area contributed by atoms with E-state index in [0.717, 1.165) is 64.2 Å². The number of piperazine rings is 1. The number of rotatable bonds is 12. The number of hydrogen-bond acceptors (Lipinski definition) is 8. The molecule has 1 fully saturated rings. The molecule has 1 aromatic heterocycles. The Balaban J connectivity index is 0.954. The summed E-state index contributed by atoms with van der Waals surface area (Å²) < 4.78 is 18.0. The minimum absolute atomic E-state index is 0.0839. The van der Waals surface area contributed by atoms with E-state index in [1.54, 1.807) is 23.8 Å². The van der Waals surface area contributed by atoms with Crippen molar-refractivity contribution in [1.29, 1.82) is 0 Å². The van der Waals surface area contributed by atoms with E-state index in [1.807, 2.05) is 12.1 Å². The molecular weight excluding hydrogens is 530 g/mol. The van der Waals surface area contributed by atoms with Gasteiger partial charge in [0, 0.05) is 57.4 Å². The molecule has 2 N–H and O–H groups in total. The molecule has 0 atom stereocenters. The van der Waals surface area contributed by atoms with Crippen molar-refractivity contribution in [1.82, 2.24) is 19.8 Å². The van der Waals surface area contributed by atoms with Gasteiger partial charge in [-0.15, -0.1) is 0 Å². The van der Waals surface area contributed by atoms with Crippen LogP contribution < -0.4 is 30.0 Å². The first-order valence-electron chi connectivity index (χ1n) is 14.0. The fourth-order valence-electron chi connectivity index (χ4n) is 5.22. The molecule has 0 unspecified atom stereocenters. The van der Waals surface area contributed by atoms with Gasteiger partial charge < -0.3 is 29.4 Å². The highest BCUT2D eigenvalue weighted by molar-refractivity contribution is 7.71. The fraction of sp³-hybridized carbons (Fsp3) is 0.483. The number of amides is 1. The number of nitrogens with zero attached hydrogens (tertiary/aromatic N) is 3. The van der Waals surface area contributed by atoms with Gasteiger partial charge in [-0.1, -0.05) is 6.42 Å². The molecule has 0 aliphatic carbocycles. The second-order valence-corrected chi connectivity index (χ2v) is 10.6. The lowest BCUT2D eigenvalue weighted by molar-refractivity contribution is -0.121. The van der Waals surface area contributed by atoms with E-state index in [1.165, 1.54) is 5.69 Å². The van der Waals surface area contributed by atoms with Crippen LogP contribution in [0.2, 0.25) is 0 Å². The highest BCUT2D eigenvalue weighted by atomic mass is 32.1. The van der Waals surface area contributed by atoms with Crippen molar-refractivity contribution in [3.63, 3.8) is 0 Å². The average Bonchev–Trinajstić information content (AvgIpc) is 3.44. The summed E-state index contributed by atoms with van der Waals surface area (Å²) >= 11 is 5.42. The second-order valence-electron chi connectivity index (χ2n) is 10.2. The third kappa shape index (κ3) is 6.76. The highest BCUT2D eigenvalue weighted by Crippen LogP contribution is 2.34. The Kier molecular flexibility index (Phi) is 9.22. The van der Waals surface area contributed by atoms with E-state index in [4.69, 9.17) is 26.4 Å². The molecular formula is C29H37N5O5S. The summed E-state index contributed by atoms with van der Waals surface area (Å²) in [5.74, 6) is 2.14. The standard InChI is InChI=1S/C29H37N5O5S/c1-37-22-9-7-21(8-10-22)33-16-14-32(15-17-33)12-5-11-30-27(35)6-3-2-4-13-34-28(36)23-18-25-26(39-20-38-25)19-24(23)31-29(34)40/h7-10,18-19H,2-6,11-17,20H2,1H3,(H,30,35)(H,31,40). The Morgan fingerprint density at radius 3 is 2.50 bits per heavy atom. The molecule has 1 amide bonds. The summed E-state index contributed by atoms with van der Waals surface area (Å²) in [5, 5.41) is 3.57. The van der Waals surface area contributed by atoms with Crippen molar-refractivity contribution in [2.75, 3.05) is 58.1 Å².